The predicted octanol–water partition coefficient (Wildman–Crippen LogP) is 0.610. The Bertz CT molecular complexity index is 571. The van der Waals surface area contributed by atoms with Gasteiger partial charge < -0.3 is 10.1 Å². The van der Waals surface area contributed by atoms with Gasteiger partial charge in [0.25, 0.3) is 0 Å². The third-order valence-corrected chi connectivity index (χ3v) is 5.35. The van der Waals surface area contributed by atoms with Crippen LogP contribution in [0.4, 0.5) is 5.95 Å². The van der Waals surface area contributed by atoms with Gasteiger partial charge in [-0.25, -0.2) is 23.1 Å². The summed E-state index contributed by atoms with van der Waals surface area (Å²) in [6, 6.07) is -0.151. The van der Waals surface area contributed by atoms with Gasteiger partial charge in [-0.3, -0.25) is 0 Å². The van der Waals surface area contributed by atoms with Gasteiger partial charge in [0.1, 0.15) is 4.90 Å². The maximum Gasteiger partial charge on any atom is 0.243 e. The Hall–Kier alpha value is -1.25. The summed E-state index contributed by atoms with van der Waals surface area (Å²) < 4.78 is 32.5. The van der Waals surface area contributed by atoms with E-state index in [1.807, 2.05) is 13.8 Å². The number of methoxy groups -OCH3 is 1. The summed E-state index contributed by atoms with van der Waals surface area (Å²) >= 11 is 0. The normalized spacial score (nSPS) is 25.0. The summed E-state index contributed by atoms with van der Waals surface area (Å²) in [4.78, 5) is 7.90. The highest BCUT2D eigenvalue weighted by Gasteiger charge is 2.50. The van der Waals surface area contributed by atoms with Crippen molar-refractivity contribution in [3.8, 4) is 0 Å². The second-order valence-electron chi connectivity index (χ2n) is 5.45. The Morgan fingerprint density at radius 2 is 1.95 bits per heavy atom. The van der Waals surface area contributed by atoms with Crippen LogP contribution in [0.25, 0.3) is 0 Å². The molecule has 0 aromatic carbocycles. The molecule has 2 atom stereocenters. The van der Waals surface area contributed by atoms with Crippen molar-refractivity contribution >= 4 is 16.0 Å². The van der Waals surface area contributed by atoms with Crippen molar-refractivity contribution in [3.05, 3.63) is 12.4 Å². The molecule has 20 heavy (non-hydrogen) atoms. The van der Waals surface area contributed by atoms with Crippen molar-refractivity contribution in [2.75, 3.05) is 19.5 Å². The summed E-state index contributed by atoms with van der Waals surface area (Å²) in [5.74, 6) is 0.382. The lowest BCUT2D eigenvalue weighted by Gasteiger charge is -2.50. The van der Waals surface area contributed by atoms with Crippen LogP contribution in [0.1, 0.15) is 20.3 Å². The van der Waals surface area contributed by atoms with Gasteiger partial charge >= 0.3 is 0 Å². The molecule has 0 spiro atoms. The van der Waals surface area contributed by atoms with Crippen molar-refractivity contribution in [2.24, 2.45) is 5.41 Å². The molecule has 1 aromatic heterocycles. The molecular formula is C12H20N4O3S. The van der Waals surface area contributed by atoms with Crippen LogP contribution in [0.2, 0.25) is 0 Å². The monoisotopic (exact) mass is 300 g/mol. The number of anilines is 1. The number of sulfonamides is 1. The maximum absolute atomic E-state index is 12.3. The zero-order valence-corrected chi connectivity index (χ0v) is 12.9. The zero-order valence-electron chi connectivity index (χ0n) is 12.0. The number of hydrogen-bond acceptors (Lipinski definition) is 6. The molecule has 0 amide bonds. The fraction of sp³-hybridized carbons (Fsp3) is 0.667. The molecule has 2 N–H and O–H groups in total. The van der Waals surface area contributed by atoms with E-state index in [1.54, 1.807) is 14.2 Å². The van der Waals surface area contributed by atoms with E-state index in [0.29, 0.717) is 12.4 Å². The average Bonchev–Trinajstić information content (AvgIpc) is 2.43. The van der Waals surface area contributed by atoms with Gasteiger partial charge in [0, 0.05) is 25.6 Å². The molecule has 2 rings (SSSR count). The molecule has 1 aliphatic carbocycles. The Morgan fingerprint density at radius 3 is 2.40 bits per heavy atom. The van der Waals surface area contributed by atoms with Gasteiger partial charge in [-0.1, -0.05) is 13.8 Å². The van der Waals surface area contributed by atoms with Crippen molar-refractivity contribution in [3.63, 3.8) is 0 Å². The molecular weight excluding hydrogens is 280 g/mol. The molecule has 0 aliphatic heterocycles. The highest BCUT2D eigenvalue weighted by molar-refractivity contribution is 7.89. The van der Waals surface area contributed by atoms with Crippen LogP contribution in [-0.4, -0.2) is 44.7 Å². The van der Waals surface area contributed by atoms with E-state index in [0.717, 1.165) is 0 Å². The average molecular weight is 300 g/mol. The van der Waals surface area contributed by atoms with Gasteiger partial charge in [0.05, 0.1) is 18.5 Å². The smallest absolute Gasteiger partial charge is 0.243 e. The first-order valence-electron chi connectivity index (χ1n) is 6.36. The van der Waals surface area contributed by atoms with Crippen LogP contribution in [-0.2, 0) is 14.8 Å². The van der Waals surface area contributed by atoms with E-state index in [1.165, 1.54) is 12.4 Å². The predicted molar refractivity (Wildman–Crippen MR) is 74.9 cm³/mol. The van der Waals surface area contributed by atoms with E-state index >= 15 is 0 Å². The molecule has 1 fully saturated rings. The molecule has 0 radical (unpaired) electrons. The first-order chi connectivity index (χ1) is 9.31. The number of nitrogens with one attached hydrogen (secondary N) is 2. The summed E-state index contributed by atoms with van der Waals surface area (Å²) in [5.41, 5.74) is -0.229. The number of ether oxygens (including phenoxy) is 1. The standard InChI is InChI=1S/C12H20N4O3S/c1-12(2)9(5-10(12)19-4)16-20(17,18)8-6-14-11(13-3)15-7-8/h6-7,9-10,16H,5H2,1-4H3,(H,13,14,15). The third kappa shape index (κ3) is 2.63. The maximum atomic E-state index is 12.3. The van der Waals surface area contributed by atoms with Crippen molar-refractivity contribution in [2.45, 2.75) is 37.3 Å². The highest BCUT2D eigenvalue weighted by atomic mass is 32.2. The van der Waals surface area contributed by atoms with Gasteiger partial charge in [-0.2, -0.15) is 0 Å². The SMILES string of the molecule is CNc1ncc(S(=O)(=O)NC2CC(OC)C2(C)C)cn1. The lowest BCUT2D eigenvalue weighted by Crippen LogP contribution is -2.61. The third-order valence-electron chi connectivity index (χ3n) is 3.92. The van der Waals surface area contributed by atoms with E-state index in [9.17, 15) is 8.42 Å². The zero-order chi connectivity index (χ0) is 15.0. The first kappa shape index (κ1) is 15.1. The molecule has 1 saturated carbocycles. The Morgan fingerprint density at radius 1 is 1.35 bits per heavy atom. The van der Waals surface area contributed by atoms with E-state index in [-0.39, 0.29) is 22.5 Å². The second kappa shape index (κ2) is 5.27. The Balaban J connectivity index is 2.12. The summed E-state index contributed by atoms with van der Waals surface area (Å²) in [6.07, 6.45) is 3.32. The van der Waals surface area contributed by atoms with Gasteiger partial charge in [-0.05, 0) is 6.42 Å². The number of aromatic nitrogens is 2. The number of rotatable bonds is 5. The quantitative estimate of drug-likeness (QED) is 0.827. The molecule has 0 bridgehead atoms. The van der Waals surface area contributed by atoms with E-state index in [2.05, 4.69) is 20.0 Å². The van der Waals surface area contributed by atoms with Crippen molar-refractivity contribution < 1.29 is 13.2 Å². The molecule has 7 nitrogen and oxygen atoms in total. The van der Waals surface area contributed by atoms with Crippen LogP contribution in [0.15, 0.2) is 17.3 Å². The largest absolute Gasteiger partial charge is 0.381 e. The molecule has 0 saturated heterocycles. The van der Waals surface area contributed by atoms with Crippen LogP contribution >= 0.6 is 0 Å². The number of hydrogen-bond donors (Lipinski definition) is 2. The molecule has 1 heterocycles. The highest BCUT2D eigenvalue weighted by Crippen LogP contribution is 2.42. The Kier molecular flexibility index (Phi) is 3.99. The van der Waals surface area contributed by atoms with Gasteiger partial charge in [0.15, 0.2) is 0 Å². The van der Waals surface area contributed by atoms with Crippen LogP contribution in [0, 0.1) is 5.41 Å². The van der Waals surface area contributed by atoms with E-state index in [4.69, 9.17) is 4.74 Å². The molecule has 1 aromatic rings. The van der Waals surface area contributed by atoms with Crippen molar-refractivity contribution in [1.82, 2.24) is 14.7 Å². The minimum absolute atomic E-state index is 0.0631. The van der Waals surface area contributed by atoms with Gasteiger partial charge in [0.2, 0.25) is 16.0 Å². The molecule has 1 aliphatic rings. The van der Waals surface area contributed by atoms with Crippen LogP contribution in [0.5, 0.6) is 0 Å². The lowest BCUT2D eigenvalue weighted by molar-refractivity contribution is -0.0908. The summed E-state index contributed by atoms with van der Waals surface area (Å²) in [7, 11) is -0.296. The lowest BCUT2D eigenvalue weighted by atomic mass is 9.65. The number of nitrogens with zero attached hydrogens (tertiary/aromatic N) is 2. The minimum Gasteiger partial charge on any atom is -0.381 e. The second-order valence-corrected chi connectivity index (χ2v) is 7.16. The fourth-order valence-corrected chi connectivity index (χ4v) is 3.62. The van der Waals surface area contributed by atoms with Crippen LogP contribution < -0.4 is 10.0 Å². The van der Waals surface area contributed by atoms with E-state index < -0.39 is 10.0 Å². The molecule has 8 heteroatoms. The van der Waals surface area contributed by atoms with Gasteiger partial charge in [-0.15, -0.1) is 0 Å². The molecule has 112 valence electrons. The Labute approximate surface area is 119 Å². The summed E-state index contributed by atoms with van der Waals surface area (Å²) in [6.45, 7) is 3.97. The fourth-order valence-electron chi connectivity index (χ4n) is 2.32. The topological polar surface area (TPSA) is 93.2 Å². The minimum atomic E-state index is -3.61. The summed E-state index contributed by atoms with van der Waals surface area (Å²) in [5, 5.41) is 2.74. The van der Waals surface area contributed by atoms with Crippen molar-refractivity contribution in [1.29, 1.82) is 0 Å². The molecule has 2 unspecified atom stereocenters. The van der Waals surface area contributed by atoms with Crippen LogP contribution in [0.3, 0.4) is 0 Å². The first-order valence-corrected chi connectivity index (χ1v) is 7.84.